The van der Waals surface area contributed by atoms with Crippen molar-refractivity contribution in [3.63, 3.8) is 0 Å². The Labute approximate surface area is 224 Å². The molecule has 2 aromatic carbocycles. The van der Waals surface area contributed by atoms with E-state index >= 15 is 0 Å². The molecule has 1 amide bonds. The van der Waals surface area contributed by atoms with Gasteiger partial charge < -0.3 is 14.4 Å². The molecule has 1 N–H and O–H groups in total. The number of sulfone groups is 1. The Morgan fingerprint density at radius 3 is 2.47 bits per heavy atom. The molecule has 1 aromatic heterocycles. The molecular formula is C28H34N4O5S. The highest BCUT2D eigenvalue weighted by molar-refractivity contribution is 7.90. The molecule has 1 fully saturated rings. The topological polar surface area (TPSA) is 111 Å². The number of nitrogens with one attached hydrogen (secondary N) is 1. The molecule has 38 heavy (non-hydrogen) atoms. The number of anilines is 2. The highest BCUT2D eigenvalue weighted by Gasteiger charge is 2.25. The van der Waals surface area contributed by atoms with Crippen LogP contribution >= 0.6 is 0 Å². The largest absolute Gasteiger partial charge is 0.444 e. The van der Waals surface area contributed by atoms with Crippen molar-refractivity contribution in [3.8, 4) is 11.4 Å². The van der Waals surface area contributed by atoms with Gasteiger partial charge in [0.25, 0.3) is 0 Å². The van der Waals surface area contributed by atoms with E-state index in [1.54, 1.807) is 81.4 Å². The van der Waals surface area contributed by atoms with Crippen LogP contribution < -0.4 is 10.2 Å². The van der Waals surface area contributed by atoms with E-state index in [-0.39, 0.29) is 16.7 Å². The van der Waals surface area contributed by atoms with Crippen molar-refractivity contribution < 1.29 is 22.7 Å². The molecule has 9 nitrogen and oxygen atoms in total. The lowest BCUT2D eigenvalue weighted by atomic mass is 10.1. The minimum absolute atomic E-state index is 0.130. The summed E-state index contributed by atoms with van der Waals surface area (Å²) < 4.78 is 37.3. The molecular weight excluding hydrogens is 504 g/mol. The van der Waals surface area contributed by atoms with E-state index in [4.69, 9.17) is 14.5 Å². The monoisotopic (exact) mass is 538 g/mol. The Bertz CT molecular complexity index is 1360. The molecule has 3 aromatic rings. The molecule has 0 bridgehead atoms. The van der Waals surface area contributed by atoms with Crippen molar-refractivity contribution in [2.45, 2.75) is 56.4 Å². The minimum atomic E-state index is -3.61. The second-order valence-electron chi connectivity index (χ2n) is 10.1. The molecule has 202 valence electrons. The molecule has 0 aliphatic carbocycles. The summed E-state index contributed by atoms with van der Waals surface area (Å²) in [5, 5.41) is 2.71. The Balaban J connectivity index is 1.67. The summed E-state index contributed by atoms with van der Waals surface area (Å²) in [6, 6.07) is 17.3. The summed E-state index contributed by atoms with van der Waals surface area (Å²) in [7, 11) is -3.61. The number of amides is 1. The third-order valence-corrected chi connectivity index (χ3v) is 7.65. The highest BCUT2D eigenvalue weighted by atomic mass is 32.2. The van der Waals surface area contributed by atoms with Gasteiger partial charge in [0.15, 0.2) is 15.7 Å². The minimum Gasteiger partial charge on any atom is -0.444 e. The molecule has 10 heteroatoms. The Kier molecular flexibility index (Phi) is 8.32. The van der Waals surface area contributed by atoms with Crippen molar-refractivity contribution in [3.05, 3.63) is 66.4 Å². The average molecular weight is 539 g/mol. The van der Waals surface area contributed by atoms with Gasteiger partial charge in [0.1, 0.15) is 11.4 Å². The molecule has 4 rings (SSSR count). The molecule has 2 heterocycles. The standard InChI is InChI=1S/C28H34N4O5S/c1-5-23-18-36-16-15-32(23)25-17-22(19-38(34,35)24-9-7-6-8-10-24)29-26(31-25)20-11-13-21(14-12-20)30-27(33)37-28(2,3)4/h6-14,17,23H,5,15-16,18-19H2,1-4H3,(H,30,33)/t23-/m0/s1. The number of nitrogens with zero attached hydrogens (tertiary/aromatic N) is 3. The lowest BCUT2D eigenvalue weighted by Crippen LogP contribution is -2.45. The summed E-state index contributed by atoms with van der Waals surface area (Å²) in [5.41, 5.74) is 1.06. The first-order valence-corrected chi connectivity index (χ1v) is 14.3. The van der Waals surface area contributed by atoms with Crippen LogP contribution in [0, 0.1) is 0 Å². The Morgan fingerprint density at radius 1 is 1.11 bits per heavy atom. The fourth-order valence-electron chi connectivity index (χ4n) is 4.16. The van der Waals surface area contributed by atoms with Gasteiger partial charge in [-0.2, -0.15) is 0 Å². The van der Waals surface area contributed by atoms with Crippen LogP contribution in [-0.2, 0) is 25.1 Å². The summed E-state index contributed by atoms with van der Waals surface area (Å²) >= 11 is 0. The number of hydrogen-bond acceptors (Lipinski definition) is 8. The van der Waals surface area contributed by atoms with Crippen molar-refractivity contribution in [1.29, 1.82) is 0 Å². The van der Waals surface area contributed by atoms with Gasteiger partial charge in [0.05, 0.1) is 35.6 Å². The lowest BCUT2D eigenvalue weighted by molar-refractivity contribution is 0.0636. The van der Waals surface area contributed by atoms with Gasteiger partial charge in [-0.15, -0.1) is 0 Å². The number of morpholine rings is 1. The van der Waals surface area contributed by atoms with Crippen LogP contribution in [0.1, 0.15) is 39.8 Å². The van der Waals surface area contributed by atoms with Crippen LogP contribution in [0.2, 0.25) is 0 Å². The van der Waals surface area contributed by atoms with Crippen LogP contribution in [0.3, 0.4) is 0 Å². The smallest absolute Gasteiger partial charge is 0.412 e. The van der Waals surface area contributed by atoms with Crippen LogP contribution in [0.4, 0.5) is 16.3 Å². The fourth-order valence-corrected chi connectivity index (χ4v) is 5.43. The van der Waals surface area contributed by atoms with Gasteiger partial charge in [-0.05, 0) is 63.6 Å². The van der Waals surface area contributed by atoms with Gasteiger partial charge in [-0.25, -0.2) is 23.2 Å². The lowest BCUT2D eigenvalue weighted by Gasteiger charge is -2.36. The van der Waals surface area contributed by atoms with Crippen molar-refractivity contribution in [1.82, 2.24) is 9.97 Å². The first-order valence-electron chi connectivity index (χ1n) is 12.6. The predicted molar refractivity (Wildman–Crippen MR) is 147 cm³/mol. The number of ether oxygens (including phenoxy) is 2. The second kappa shape index (κ2) is 11.5. The SMILES string of the molecule is CC[C@H]1COCCN1c1cc(CS(=O)(=O)c2ccccc2)nc(-c2ccc(NC(=O)OC(C)(C)C)cc2)n1. The zero-order valence-corrected chi connectivity index (χ0v) is 23.0. The zero-order chi connectivity index (χ0) is 27.3. The molecule has 0 unspecified atom stereocenters. The molecule has 1 atom stereocenters. The first kappa shape index (κ1) is 27.5. The number of benzene rings is 2. The zero-order valence-electron chi connectivity index (χ0n) is 22.2. The number of carbonyl (C=O) groups excluding carboxylic acids is 1. The van der Waals surface area contributed by atoms with Crippen LogP contribution in [0.5, 0.6) is 0 Å². The summed E-state index contributed by atoms with van der Waals surface area (Å²) in [5.74, 6) is 0.823. The van der Waals surface area contributed by atoms with Gasteiger partial charge >= 0.3 is 6.09 Å². The Hall–Kier alpha value is -3.50. The van der Waals surface area contributed by atoms with Gasteiger partial charge in [-0.1, -0.05) is 25.1 Å². The van der Waals surface area contributed by atoms with Crippen molar-refractivity contribution >= 4 is 27.4 Å². The first-order chi connectivity index (χ1) is 18.0. The molecule has 0 spiro atoms. The third-order valence-electron chi connectivity index (χ3n) is 5.99. The fraction of sp³-hybridized carbons (Fsp3) is 0.393. The van der Waals surface area contributed by atoms with E-state index in [2.05, 4.69) is 22.1 Å². The highest BCUT2D eigenvalue weighted by Crippen LogP contribution is 2.27. The summed E-state index contributed by atoms with van der Waals surface area (Å²) in [4.78, 5) is 24.0. The van der Waals surface area contributed by atoms with E-state index < -0.39 is 21.5 Å². The van der Waals surface area contributed by atoms with Crippen LogP contribution in [-0.4, -0.2) is 55.9 Å². The normalized spacial score (nSPS) is 16.2. The predicted octanol–water partition coefficient (Wildman–Crippen LogP) is 5.08. The Morgan fingerprint density at radius 2 is 1.82 bits per heavy atom. The van der Waals surface area contributed by atoms with E-state index in [9.17, 15) is 13.2 Å². The molecule has 1 aliphatic heterocycles. The summed E-state index contributed by atoms with van der Waals surface area (Å²) in [6.07, 6.45) is 0.317. The average Bonchev–Trinajstić information content (AvgIpc) is 2.88. The molecule has 1 saturated heterocycles. The van der Waals surface area contributed by atoms with E-state index in [1.807, 2.05) is 0 Å². The van der Waals surface area contributed by atoms with E-state index in [0.717, 1.165) is 6.42 Å². The maximum atomic E-state index is 13.2. The number of carbonyl (C=O) groups is 1. The summed E-state index contributed by atoms with van der Waals surface area (Å²) in [6.45, 7) is 9.29. The van der Waals surface area contributed by atoms with Crippen molar-refractivity contribution in [2.75, 3.05) is 30.0 Å². The number of aromatic nitrogens is 2. The van der Waals surface area contributed by atoms with Gasteiger partial charge in [-0.3, -0.25) is 5.32 Å². The van der Waals surface area contributed by atoms with Gasteiger partial charge in [0.2, 0.25) is 0 Å². The maximum absolute atomic E-state index is 13.2. The molecule has 1 aliphatic rings. The quantitative estimate of drug-likeness (QED) is 0.443. The van der Waals surface area contributed by atoms with E-state index in [0.29, 0.717) is 48.3 Å². The van der Waals surface area contributed by atoms with Crippen LogP contribution in [0.15, 0.2) is 65.6 Å². The van der Waals surface area contributed by atoms with E-state index in [1.165, 1.54) is 0 Å². The second-order valence-corrected chi connectivity index (χ2v) is 12.1. The number of rotatable bonds is 7. The molecule has 0 radical (unpaired) electrons. The third kappa shape index (κ3) is 7.08. The van der Waals surface area contributed by atoms with Crippen molar-refractivity contribution in [2.24, 2.45) is 0 Å². The number of hydrogen-bond donors (Lipinski definition) is 1. The maximum Gasteiger partial charge on any atom is 0.412 e. The molecule has 0 saturated carbocycles. The van der Waals surface area contributed by atoms with Gasteiger partial charge in [0, 0.05) is 23.9 Å². The van der Waals surface area contributed by atoms with Crippen LogP contribution in [0.25, 0.3) is 11.4 Å².